The van der Waals surface area contributed by atoms with Gasteiger partial charge in [-0.3, -0.25) is 0 Å². The number of benzene rings is 1. The third-order valence-corrected chi connectivity index (χ3v) is 5.82. The maximum atomic E-state index is 10.1. The van der Waals surface area contributed by atoms with E-state index in [0.29, 0.717) is 13.4 Å². The highest BCUT2D eigenvalue weighted by Gasteiger charge is 2.36. The van der Waals surface area contributed by atoms with E-state index in [1.54, 1.807) is 0 Å². The second-order valence-electron chi connectivity index (χ2n) is 8.14. The molecule has 4 heteroatoms. The Morgan fingerprint density at radius 3 is 2.67 bits per heavy atom. The predicted molar refractivity (Wildman–Crippen MR) is 110 cm³/mol. The zero-order chi connectivity index (χ0) is 19.7. The molecule has 0 saturated heterocycles. The fraction of sp³-hybridized carbons (Fsp3) is 0.696. The minimum Gasteiger partial charge on any atom is -0.467 e. The summed E-state index contributed by atoms with van der Waals surface area (Å²) < 4.78 is 11.0. The van der Waals surface area contributed by atoms with Crippen molar-refractivity contribution in [3.8, 4) is 11.8 Å². The number of nitrogens with zero attached hydrogens (tertiary/aromatic N) is 2. The molecule has 2 rings (SSSR count). The van der Waals surface area contributed by atoms with Crippen LogP contribution in [-0.4, -0.2) is 31.8 Å². The first kappa shape index (κ1) is 21.7. The molecule has 1 aromatic carbocycles. The molecule has 0 radical (unpaired) electrons. The smallest absolute Gasteiger partial charge is 0.189 e. The van der Waals surface area contributed by atoms with Gasteiger partial charge in [-0.05, 0) is 63.0 Å². The molecule has 0 saturated carbocycles. The minimum absolute atomic E-state index is 0.251. The number of nitriles is 1. The summed E-state index contributed by atoms with van der Waals surface area (Å²) in [4.78, 5) is 2.41. The van der Waals surface area contributed by atoms with Crippen molar-refractivity contribution in [1.82, 2.24) is 4.90 Å². The first-order chi connectivity index (χ1) is 13.0. The minimum atomic E-state index is -0.463. The molecule has 0 fully saturated rings. The highest BCUT2D eigenvalue weighted by Crippen LogP contribution is 2.39. The molecule has 1 aliphatic rings. The van der Waals surface area contributed by atoms with Crippen molar-refractivity contribution in [3.05, 3.63) is 29.3 Å². The van der Waals surface area contributed by atoms with E-state index in [-0.39, 0.29) is 5.92 Å². The Morgan fingerprint density at radius 2 is 1.96 bits per heavy atom. The molecule has 1 aliphatic heterocycles. The van der Waals surface area contributed by atoms with Crippen molar-refractivity contribution < 1.29 is 9.47 Å². The van der Waals surface area contributed by atoms with E-state index >= 15 is 0 Å². The first-order valence-corrected chi connectivity index (χ1v) is 10.5. The molecule has 0 N–H and O–H groups in total. The lowest BCUT2D eigenvalue weighted by atomic mass is 9.69. The molecule has 150 valence electrons. The number of rotatable bonds is 11. The largest absolute Gasteiger partial charge is 0.467 e. The second kappa shape index (κ2) is 10.7. The van der Waals surface area contributed by atoms with E-state index in [4.69, 9.17) is 9.47 Å². The zero-order valence-corrected chi connectivity index (χ0v) is 17.6. The Kier molecular flexibility index (Phi) is 8.60. The van der Waals surface area contributed by atoms with Crippen LogP contribution in [0.25, 0.3) is 0 Å². The Hall–Kier alpha value is -1.57. The third kappa shape index (κ3) is 5.70. The number of hydrogen-bond donors (Lipinski definition) is 0. The van der Waals surface area contributed by atoms with E-state index in [2.05, 4.69) is 50.9 Å². The maximum Gasteiger partial charge on any atom is 0.189 e. The number of hydrogen-bond acceptors (Lipinski definition) is 4. The molecule has 4 nitrogen and oxygen atoms in total. The quantitative estimate of drug-likeness (QED) is 0.497. The van der Waals surface area contributed by atoms with Crippen LogP contribution in [0.3, 0.4) is 0 Å². The summed E-state index contributed by atoms with van der Waals surface area (Å²) in [5.74, 6) is 1.13. The van der Waals surface area contributed by atoms with Crippen molar-refractivity contribution in [2.75, 3.05) is 26.9 Å². The van der Waals surface area contributed by atoms with E-state index in [9.17, 15) is 5.26 Å². The van der Waals surface area contributed by atoms with Gasteiger partial charge in [-0.25, -0.2) is 0 Å². The summed E-state index contributed by atoms with van der Waals surface area (Å²) in [5.41, 5.74) is 1.68. The molecule has 0 spiro atoms. The van der Waals surface area contributed by atoms with Gasteiger partial charge >= 0.3 is 0 Å². The molecule has 1 atom stereocenters. The lowest BCUT2D eigenvalue weighted by molar-refractivity contribution is -0.0164. The summed E-state index contributed by atoms with van der Waals surface area (Å²) in [6.07, 6.45) is 7.09. The van der Waals surface area contributed by atoms with Gasteiger partial charge in [-0.1, -0.05) is 46.1 Å². The monoisotopic (exact) mass is 372 g/mol. The molecule has 0 aromatic heterocycles. The molecule has 0 aliphatic carbocycles. The van der Waals surface area contributed by atoms with Crippen LogP contribution in [0.5, 0.6) is 5.75 Å². The molecule has 0 bridgehead atoms. The van der Waals surface area contributed by atoms with Crippen molar-refractivity contribution in [2.24, 2.45) is 5.92 Å². The highest BCUT2D eigenvalue weighted by molar-refractivity contribution is 5.43. The van der Waals surface area contributed by atoms with Crippen LogP contribution in [0.2, 0.25) is 0 Å². The third-order valence-electron chi connectivity index (χ3n) is 5.82. The van der Waals surface area contributed by atoms with E-state index in [0.717, 1.165) is 42.8 Å². The summed E-state index contributed by atoms with van der Waals surface area (Å²) in [6.45, 7) is 9.62. The van der Waals surface area contributed by atoms with Gasteiger partial charge in [0, 0.05) is 5.56 Å². The fourth-order valence-corrected chi connectivity index (χ4v) is 3.93. The van der Waals surface area contributed by atoms with Crippen LogP contribution in [-0.2, 0) is 16.8 Å². The summed E-state index contributed by atoms with van der Waals surface area (Å²) in [5, 5.41) is 10.1. The lowest BCUT2D eigenvalue weighted by Gasteiger charge is -2.33. The number of unbranched alkanes of at least 4 members (excludes halogenated alkanes) is 3. The standard InChI is InChI=1S/C23H36N2O2/c1-5-6-7-8-13-25(4)14-9-12-23(17-24,19(2)3)21-10-11-22-20(15-21)16-26-18-27-22/h10-11,15,19H,5-9,12-14,16,18H2,1-4H3. The SMILES string of the molecule is CCCCCCN(C)CCCC(C#N)(c1ccc2c(c1)COCO2)C(C)C. The van der Waals surface area contributed by atoms with Gasteiger partial charge < -0.3 is 14.4 Å². The Balaban J connectivity index is 2.01. The number of ether oxygens (including phenoxy) is 2. The predicted octanol–water partition coefficient (Wildman–Crippen LogP) is 5.26. The molecule has 27 heavy (non-hydrogen) atoms. The normalized spacial score (nSPS) is 15.9. The van der Waals surface area contributed by atoms with Crippen LogP contribution in [0.15, 0.2) is 18.2 Å². The van der Waals surface area contributed by atoms with Gasteiger partial charge in [0.05, 0.1) is 18.1 Å². The van der Waals surface area contributed by atoms with E-state index in [1.165, 1.54) is 25.7 Å². The fourth-order valence-electron chi connectivity index (χ4n) is 3.93. The maximum absolute atomic E-state index is 10.1. The van der Waals surface area contributed by atoms with Crippen LogP contribution >= 0.6 is 0 Å². The lowest BCUT2D eigenvalue weighted by Crippen LogP contribution is -2.32. The summed E-state index contributed by atoms with van der Waals surface area (Å²) in [7, 11) is 2.20. The average Bonchev–Trinajstić information content (AvgIpc) is 2.68. The molecule has 1 unspecified atom stereocenters. The topological polar surface area (TPSA) is 45.5 Å². The van der Waals surface area contributed by atoms with Gasteiger partial charge in [0.2, 0.25) is 0 Å². The second-order valence-corrected chi connectivity index (χ2v) is 8.14. The average molecular weight is 373 g/mol. The van der Waals surface area contributed by atoms with Gasteiger partial charge in [-0.15, -0.1) is 0 Å². The van der Waals surface area contributed by atoms with Gasteiger partial charge in [0.25, 0.3) is 0 Å². The molecule has 0 amide bonds. The molecular formula is C23H36N2O2. The Labute approximate surface area is 165 Å². The Bertz CT molecular complexity index is 623. The molecular weight excluding hydrogens is 336 g/mol. The van der Waals surface area contributed by atoms with E-state index in [1.807, 2.05) is 6.07 Å². The summed E-state index contributed by atoms with van der Waals surface area (Å²) in [6, 6.07) is 8.86. The van der Waals surface area contributed by atoms with Crippen molar-refractivity contribution in [2.45, 2.75) is 71.3 Å². The van der Waals surface area contributed by atoms with Gasteiger partial charge in [0.15, 0.2) is 6.79 Å². The highest BCUT2D eigenvalue weighted by atomic mass is 16.7. The van der Waals surface area contributed by atoms with Crippen molar-refractivity contribution in [3.63, 3.8) is 0 Å². The van der Waals surface area contributed by atoms with Crippen LogP contribution < -0.4 is 4.74 Å². The zero-order valence-electron chi connectivity index (χ0n) is 17.6. The van der Waals surface area contributed by atoms with Gasteiger partial charge in [-0.2, -0.15) is 5.26 Å². The van der Waals surface area contributed by atoms with Crippen molar-refractivity contribution in [1.29, 1.82) is 5.26 Å². The van der Waals surface area contributed by atoms with Crippen LogP contribution in [0.1, 0.15) is 70.4 Å². The Morgan fingerprint density at radius 1 is 1.19 bits per heavy atom. The molecule has 1 aromatic rings. The summed E-state index contributed by atoms with van der Waals surface area (Å²) >= 11 is 0. The van der Waals surface area contributed by atoms with Crippen LogP contribution in [0.4, 0.5) is 0 Å². The van der Waals surface area contributed by atoms with E-state index < -0.39 is 5.41 Å². The van der Waals surface area contributed by atoms with Crippen LogP contribution in [0, 0.1) is 17.2 Å². The van der Waals surface area contributed by atoms with Crippen molar-refractivity contribution >= 4 is 0 Å². The number of fused-ring (bicyclic) bond motifs is 1. The molecule has 1 heterocycles. The first-order valence-electron chi connectivity index (χ1n) is 10.5. The van der Waals surface area contributed by atoms with Gasteiger partial charge in [0.1, 0.15) is 5.75 Å².